The molecule has 0 aromatic carbocycles. The van der Waals surface area contributed by atoms with Crippen molar-refractivity contribution in [2.24, 2.45) is 0 Å². The lowest BCUT2D eigenvalue weighted by Crippen LogP contribution is -2.59. The van der Waals surface area contributed by atoms with Crippen LogP contribution in [0.25, 0.3) is 0 Å². The maximum atomic E-state index is 11.1. The van der Waals surface area contributed by atoms with E-state index in [1.807, 2.05) is 0 Å². The fraction of sp³-hybridized carbons (Fsp3) is 1.00. The summed E-state index contributed by atoms with van der Waals surface area (Å²) in [5, 5.41) is 101. The minimum absolute atomic E-state index is 0.207. The van der Waals surface area contributed by atoms with Crippen LogP contribution in [0.3, 0.4) is 0 Å². The van der Waals surface area contributed by atoms with Crippen molar-refractivity contribution in [2.45, 2.75) is 242 Å². The quantitative estimate of drug-likeness (QED) is 0.0330. The van der Waals surface area contributed by atoms with Crippen LogP contribution in [0.4, 0.5) is 0 Å². The van der Waals surface area contributed by atoms with Gasteiger partial charge in [-0.1, -0.05) is 169 Å². The van der Waals surface area contributed by atoms with Crippen LogP contribution in [0.15, 0.2) is 0 Å². The van der Waals surface area contributed by atoms with Crippen molar-refractivity contribution in [1.82, 2.24) is 0 Å². The second kappa shape index (κ2) is 38.7. The molecule has 0 fully saturated rings. The largest absolute Gasteiger partial charge is 0.394 e. The van der Waals surface area contributed by atoms with Crippen molar-refractivity contribution in [1.29, 1.82) is 0 Å². The average molecular weight is 813 g/mol. The Bertz CT molecular complexity index is 746. The molecule has 0 saturated carbocycles. The summed E-state index contributed by atoms with van der Waals surface area (Å²) < 4.78 is 11.5. The van der Waals surface area contributed by atoms with Crippen LogP contribution in [0, 0.1) is 0 Å². The molecule has 0 aliphatic rings. The molecule has 0 aliphatic heterocycles. The van der Waals surface area contributed by atoms with Gasteiger partial charge in [-0.05, 0) is 25.7 Å². The van der Waals surface area contributed by atoms with Crippen LogP contribution in [-0.4, -0.2) is 139 Å². The molecule has 0 spiro atoms. The monoisotopic (exact) mass is 813 g/mol. The second-order valence-corrected chi connectivity index (χ2v) is 16.0. The molecule has 56 heavy (non-hydrogen) atoms. The summed E-state index contributed by atoms with van der Waals surface area (Å²) >= 11 is 0. The smallest absolute Gasteiger partial charge is 0.121 e. The van der Waals surface area contributed by atoms with Crippen LogP contribution >= 0.6 is 0 Å². The van der Waals surface area contributed by atoms with Crippen molar-refractivity contribution in [3.05, 3.63) is 0 Å². The average Bonchev–Trinajstić information content (AvgIpc) is 3.21. The van der Waals surface area contributed by atoms with Gasteiger partial charge in [0.25, 0.3) is 0 Å². The predicted octanol–water partition coefficient (Wildman–Crippen LogP) is 5.84. The standard InChI is InChI=1S/2C22H46O6/c2*1-3-5-7-9-11-13-15-22(27,20(26)18-24)21(19(25)17-23)28-16-14-12-10-8-6-4-2/h2*19-21,23-27H,3-18H2,1-2H3/t2*19-,20-,21-,22-/m11/s1. The van der Waals surface area contributed by atoms with Gasteiger partial charge >= 0.3 is 0 Å². The highest BCUT2D eigenvalue weighted by Gasteiger charge is 2.48. The number of aliphatic hydroxyl groups excluding tert-OH is 8. The third kappa shape index (κ3) is 25.9. The highest BCUT2D eigenvalue weighted by molar-refractivity contribution is 4.98. The molecule has 0 radical (unpaired) electrons. The number of hydrogen-bond acceptors (Lipinski definition) is 12. The third-order valence-corrected chi connectivity index (χ3v) is 11.0. The summed E-state index contributed by atoms with van der Waals surface area (Å²) in [4.78, 5) is 0. The Hall–Kier alpha value is -0.480. The normalized spacial score (nSPS) is 17.2. The molecular formula is C44H92O12. The summed E-state index contributed by atoms with van der Waals surface area (Å²) in [5.41, 5.74) is -3.58. The molecule has 0 aromatic rings. The van der Waals surface area contributed by atoms with E-state index in [0.29, 0.717) is 26.1 Å². The highest BCUT2D eigenvalue weighted by atomic mass is 16.5. The van der Waals surface area contributed by atoms with E-state index < -0.39 is 74.3 Å². The lowest BCUT2D eigenvalue weighted by Gasteiger charge is -2.41. The molecule has 12 heteroatoms. The van der Waals surface area contributed by atoms with Gasteiger partial charge in [-0.2, -0.15) is 0 Å². The SMILES string of the molecule is CCCCCCCCO[C@H]([C@H](O)CO)[C@@](O)(CCCCCCCC)[C@H](O)CO.CCCCCCCCO[C@H]([C@H](O)CO)[C@@](O)(CCCCCCCC)[C@H](O)CO. The maximum Gasteiger partial charge on any atom is 0.121 e. The van der Waals surface area contributed by atoms with E-state index in [1.54, 1.807) is 0 Å². The number of rotatable bonds is 40. The third-order valence-electron chi connectivity index (χ3n) is 11.0. The molecule has 8 atom stereocenters. The Balaban J connectivity index is 0. The molecule has 0 saturated heterocycles. The predicted molar refractivity (Wildman–Crippen MR) is 224 cm³/mol. The maximum absolute atomic E-state index is 11.1. The number of aliphatic hydroxyl groups is 10. The molecule has 0 amide bonds. The van der Waals surface area contributed by atoms with E-state index >= 15 is 0 Å². The molecule has 0 rings (SSSR count). The van der Waals surface area contributed by atoms with Gasteiger partial charge < -0.3 is 60.5 Å². The van der Waals surface area contributed by atoms with Crippen LogP contribution in [0.2, 0.25) is 0 Å². The van der Waals surface area contributed by atoms with E-state index in [0.717, 1.165) is 89.9 Å². The highest BCUT2D eigenvalue weighted by Crippen LogP contribution is 2.30. The fourth-order valence-electron chi connectivity index (χ4n) is 7.24. The van der Waals surface area contributed by atoms with E-state index in [1.165, 1.54) is 51.4 Å². The molecule has 0 aliphatic carbocycles. The lowest BCUT2D eigenvalue weighted by atomic mass is 9.82. The van der Waals surface area contributed by atoms with E-state index in [9.17, 15) is 51.1 Å². The Morgan fingerprint density at radius 1 is 0.357 bits per heavy atom. The molecule has 0 heterocycles. The molecular weight excluding hydrogens is 720 g/mol. The van der Waals surface area contributed by atoms with Crippen molar-refractivity contribution in [2.75, 3.05) is 39.6 Å². The first-order valence-corrected chi connectivity index (χ1v) is 22.8. The first-order valence-electron chi connectivity index (χ1n) is 22.8. The molecule has 0 bridgehead atoms. The Kier molecular flexibility index (Phi) is 39.8. The van der Waals surface area contributed by atoms with E-state index in [-0.39, 0.29) is 12.8 Å². The molecule has 10 N–H and O–H groups in total. The number of ether oxygens (including phenoxy) is 2. The summed E-state index contributed by atoms with van der Waals surface area (Å²) in [7, 11) is 0. The Morgan fingerprint density at radius 2 is 0.607 bits per heavy atom. The second-order valence-electron chi connectivity index (χ2n) is 16.0. The van der Waals surface area contributed by atoms with Gasteiger partial charge in [-0.3, -0.25) is 0 Å². The summed E-state index contributed by atoms with van der Waals surface area (Å²) in [5.74, 6) is 0. The lowest BCUT2D eigenvalue weighted by molar-refractivity contribution is -0.212. The van der Waals surface area contributed by atoms with Gasteiger partial charge in [0.05, 0.1) is 26.4 Å². The topological polar surface area (TPSA) is 221 Å². The zero-order chi connectivity index (χ0) is 42.5. The van der Waals surface area contributed by atoms with Crippen molar-refractivity contribution < 1.29 is 60.5 Å². The van der Waals surface area contributed by atoms with Crippen molar-refractivity contribution in [3.63, 3.8) is 0 Å². The van der Waals surface area contributed by atoms with Gasteiger partial charge in [-0.25, -0.2) is 0 Å². The summed E-state index contributed by atoms with van der Waals surface area (Å²) in [6.07, 6.45) is 17.8. The molecule has 0 unspecified atom stereocenters. The van der Waals surface area contributed by atoms with E-state index in [4.69, 9.17) is 9.47 Å². The van der Waals surface area contributed by atoms with Crippen molar-refractivity contribution >= 4 is 0 Å². The Labute approximate surface area is 342 Å². The van der Waals surface area contributed by atoms with Crippen LogP contribution in [0.1, 0.15) is 195 Å². The zero-order valence-corrected chi connectivity index (χ0v) is 36.4. The zero-order valence-electron chi connectivity index (χ0n) is 36.4. The number of unbranched alkanes of at least 4 members (excludes halogenated alkanes) is 20. The summed E-state index contributed by atoms with van der Waals surface area (Å²) in [6.45, 7) is 6.92. The van der Waals surface area contributed by atoms with Gasteiger partial charge in [-0.15, -0.1) is 0 Å². The van der Waals surface area contributed by atoms with E-state index in [2.05, 4.69) is 27.7 Å². The van der Waals surface area contributed by atoms with Crippen LogP contribution in [0.5, 0.6) is 0 Å². The van der Waals surface area contributed by atoms with Crippen LogP contribution < -0.4 is 0 Å². The molecule has 0 aromatic heterocycles. The van der Waals surface area contributed by atoms with Gasteiger partial charge in [0.1, 0.15) is 47.8 Å². The van der Waals surface area contributed by atoms with Crippen molar-refractivity contribution in [3.8, 4) is 0 Å². The Morgan fingerprint density at radius 3 is 0.857 bits per heavy atom. The molecule has 12 nitrogen and oxygen atoms in total. The fourth-order valence-corrected chi connectivity index (χ4v) is 7.24. The van der Waals surface area contributed by atoms with Crippen LogP contribution in [-0.2, 0) is 9.47 Å². The first kappa shape index (κ1) is 57.6. The summed E-state index contributed by atoms with van der Waals surface area (Å²) in [6, 6.07) is 0. The van der Waals surface area contributed by atoms with Gasteiger partial charge in [0, 0.05) is 13.2 Å². The minimum atomic E-state index is -1.79. The number of hydrogen-bond donors (Lipinski definition) is 10. The molecule has 340 valence electrons. The first-order chi connectivity index (χ1) is 26.9. The van der Waals surface area contributed by atoms with Gasteiger partial charge in [0.2, 0.25) is 0 Å². The minimum Gasteiger partial charge on any atom is -0.394 e. The van der Waals surface area contributed by atoms with Gasteiger partial charge in [0.15, 0.2) is 0 Å².